The van der Waals surface area contributed by atoms with Gasteiger partial charge in [0.25, 0.3) is 5.69 Å². The predicted molar refractivity (Wildman–Crippen MR) is 80.7 cm³/mol. The number of benzene rings is 1. The largest absolute Gasteiger partial charge is 0.454 e. The normalized spacial score (nSPS) is 12.2. The molecule has 0 saturated heterocycles. The average molecular weight is 339 g/mol. The molecule has 1 N–H and O–H groups in total. The highest BCUT2D eigenvalue weighted by Gasteiger charge is 2.24. The maximum Gasteiger partial charge on any atom is 0.296 e. The van der Waals surface area contributed by atoms with E-state index in [9.17, 15) is 14.9 Å². The van der Waals surface area contributed by atoms with Crippen molar-refractivity contribution in [1.82, 2.24) is 4.98 Å². The fraction of sp³-hybridized carbons (Fsp3) is 0.167. The van der Waals surface area contributed by atoms with Crippen molar-refractivity contribution in [2.75, 3.05) is 17.9 Å². The van der Waals surface area contributed by atoms with Crippen LogP contribution in [-0.4, -0.2) is 28.4 Å². The molecule has 114 valence electrons. The summed E-state index contributed by atoms with van der Waals surface area (Å²) in [7, 11) is 0. The van der Waals surface area contributed by atoms with Gasteiger partial charge in [-0.15, -0.1) is 11.3 Å². The summed E-state index contributed by atoms with van der Waals surface area (Å²) in [4.78, 5) is 26.5. The molecule has 1 aromatic carbocycles. The average Bonchev–Trinajstić information content (AvgIpc) is 3.15. The van der Waals surface area contributed by atoms with E-state index in [1.807, 2.05) is 5.38 Å². The standard InChI is InChI=1S/C12H9N3O5S2/c16-11(5-22-12-13-1-2-21-12)14-7-3-9-10(20-6-19-9)4-8(7)15(17)18/h1-4H,5-6H2,(H,14,16). The highest BCUT2D eigenvalue weighted by Crippen LogP contribution is 2.40. The molecular formula is C12H9N3O5S2. The molecule has 0 fully saturated rings. The Balaban J connectivity index is 1.73. The van der Waals surface area contributed by atoms with Crippen LogP contribution in [0.1, 0.15) is 0 Å². The lowest BCUT2D eigenvalue weighted by molar-refractivity contribution is -0.384. The monoisotopic (exact) mass is 339 g/mol. The van der Waals surface area contributed by atoms with Gasteiger partial charge in [-0.2, -0.15) is 0 Å². The molecule has 0 aliphatic carbocycles. The minimum Gasteiger partial charge on any atom is -0.454 e. The van der Waals surface area contributed by atoms with Crippen molar-refractivity contribution in [3.8, 4) is 11.5 Å². The van der Waals surface area contributed by atoms with Crippen LogP contribution >= 0.6 is 23.1 Å². The van der Waals surface area contributed by atoms with E-state index >= 15 is 0 Å². The van der Waals surface area contributed by atoms with Gasteiger partial charge in [-0.3, -0.25) is 14.9 Å². The van der Waals surface area contributed by atoms with Crippen molar-refractivity contribution in [3.63, 3.8) is 0 Å². The summed E-state index contributed by atoms with van der Waals surface area (Å²) in [5.41, 5.74) is -0.157. The molecule has 10 heteroatoms. The third-order valence-corrected chi connectivity index (χ3v) is 4.66. The maximum atomic E-state index is 11.9. The quantitative estimate of drug-likeness (QED) is 0.507. The Morgan fingerprint density at radius 2 is 2.23 bits per heavy atom. The molecule has 0 spiro atoms. The molecule has 0 saturated carbocycles. The van der Waals surface area contributed by atoms with Crippen LogP contribution in [0.4, 0.5) is 11.4 Å². The lowest BCUT2D eigenvalue weighted by Gasteiger charge is -2.06. The number of nitro benzene ring substituents is 1. The van der Waals surface area contributed by atoms with E-state index in [0.29, 0.717) is 11.5 Å². The van der Waals surface area contributed by atoms with Crippen LogP contribution in [0, 0.1) is 10.1 Å². The van der Waals surface area contributed by atoms with Gasteiger partial charge in [-0.25, -0.2) is 4.98 Å². The summed E-state index contributed by atoms with van der Waals surface area (Å²) >= 11 is 2.69. The second kappa shape index (κ2) is 6.20. The van der Waals surface area contributed by atoms with Gasteiger partial charge in [0, 0.05) is 17.6 Å². The van der Waals surface area contributed by atoms with E-state index < -0.39 is 4.92 Å². The number of nitrogens with one attached hydrogen (secondary N) is 1. The Hall–Kier alpha value is -2.33. The molecular weight excluding hydrogens is 330 g/mol. The zero-order valence-electron chi connectivity index (χ0n) is 11.0. The third-order valence-electron chi connectivity index (χ3n) is 2.70. The summed E-state index contributed by atoms with van der Waals surface area (Å²) in [6.07, 6.45) is 1.65. The maximum absolute atomic E-state index is 11.9. The van der Waals surface area contributed by atoms with Crippen molar-refractivity contribution in [3.05, 3.63) is 33.8 Å². The number of aromatic nitrogens is 1. The fourth-order valence-corrected chi connectivity index (χ4v) is 3.22. The summed E-state index contributed by atoms with van der Waals surface area (Å²) in [6.45, 7) is 0.00376. The van der Waals surface area contributed by atoms with Crippen LogP contribution in [0.15, 0.2) is 28.0 Å². The molecule has 0 bridgehead atoms. The second-order valence-corrected chi connectivity index (χ2v) is 6.23. The number of nitrogens with zero attached hydrogens (tertiary/aromatic N) is 2. The second-order valence-electron chi connectivity index (χ2n) is 4.11. The topological polar surface area (TPSA) is 104 Å². The summed E-state index contributed by atoms with van der Waals surface area (Å²) in [6, 6.07) is 2.64. The molecule has 3 rings (SSSR count). The van der Waals surface area contributed by atoms with E-state index in [4.69, 9.17) is 9.47 Å². The van der Waals surface area contributed by atoms with Gasteiger partial charge in [0.2, 0.25) is 12.7 Å². The Morgan fingerprint density at radius 3 is 2.91 bits per heavy atom. The zero-order valence-corrected chi connectivity index (χ0v) is 12.6. The highest BCUT2D eigenvalue weighted by molar-refractivity contribution is 8.01. The van der Waals surface area contributed by atoms with Crippen molar-refractivity contribution in [2.24, 2.45) is 0 Å². The van der Waals surface area contributed by atoms with E-state index in [1.54, 1.807) is 6.20 Å². The van der Waals surface area contributed by atoms with Crippen molar-refractivity contribution >= 4 is 40.4 Å². The Labute approximate surface area is 132 Å². The molecule has 0 unspecified atom stereocenters. The van der Waals surface area contributed by atoms with Gasteiger partial charge in [0.15, 0.2) is 11.5 Å². The van der Waals surface area contributed by atoms with Crippen LogP contribution in [0.2, 0.25) is 0 Å². The predicted octanol–water partition coefficient (Wildman–Crippen LogP) is 2.51. The molecule has 2 heterocycles. The van der Waals surface area contributed by atoms with E-state index in [2.05, 4.69) is 10.3 Å². The van der Waals surface area contributed by atoms with Gasteiger partial charge in [0.1, 0.15) is 10.0 Å². The minimum atomic E-state index is -0.578. The highest BCUT2D eigenvalue weighted by atomic mass is 32.2. The molecule has 1 aromatic heterocycles. The molecule has 2 aromatic rings. The summed E-state index contributed by atoms with van der Waals surface area (Å²) in [5.74, 6) is 0.413. The number of rotatable bonds is 5. The van der Waals surface area contributed by atoms with Crippen molar-refractivity contribution < 1.29 is 19.2 Å². The number of ether oxygens (including phenoxy) is 2. The Morgan fingerprint density at radius 1 is 1.45 bits per heavy atom. The number of carbonyl (C=O) groups is 1. The van der Waals surface area contributed by atoms with Crippen LogP contribution in [0.3, 0.4) is 0 Å². The number of fused-ring (bicyclic) bond motifs is 1. The molecule has 1 aliphatic rings. The minimum absolute atomic E-state index is 0.00376. The first-order chi connectivity index (χ1) is 10.6. The van der Waals surface area contributed by atoms with Crippen LogP contribution in [0.5, 0.6) is 11.5 Å². The number of carbonyl (C=O) groups excluding carboxylic acids is 1. The Kier molecular flexibility index (Phi) is 4.11. The smallest absolute Gasteiger partial charge is 0.296 e. The molecule has 0 atom stereocenters. The van der Waals surface area contributed by atoms with Crippen molar-refractivity contribution in [2.45, 2.75) is 4.34 Å². The number of amides is 1. The van der Waals surface area contributed by atoms with Gasteiger partial charge in [0.05, 0.1) is 16.7 Å². The van der Waals surface area contributed by atoms with Gasteiger partial charge in [-0.1, -0.05) is 11.8 Å². The van der Waals surface area contributed by atoms with Crippen LogP contribution < -0.4 is 14.8 Å². The van der Waals surface area contributed by atoms with E-state index in [-0.39, 0.29) is 29.8 Å². The fourth-order valence-electron chi connectivity index (χ4n) is 1.78. The first-order valence-electron chi connectivity index (χ1n) is 6.03. The van der Waals surface area contributed by atoms with Crippen LogP contribution in [0.25, 0.3) is 0 Å². The van der Waals surface area contributed by atoms with Gasteiger partial charge >= 0.3 is 0 Å². The number of thioether (sulfide) groups is 1. The van der Waals surface area contributed by atoms with Crippen LogP contribution in [-0.2, 0) is 4.79 Å². The van der Waals surface area contributed by atoms with E-state index in [0.717, 1.165) is 4.34 Å². The van der Waals surface area contributed by atoms with Gasteiger partial charge in [-0.05, 0) is 0 Å². The number of anilines is 1. The first kappa shape index (κ1) is 14.6. The number of hydrogen-bond donors (Lipinski definition) is 1. The lowest BCUT2D eigenvalue weighted by atomic mass is 10.2. The number of thiazole rings is 1. The molecule has 1 aliphatic heterocycles. The SMILES string of the molecule is O=C(CSc1nccs1)Nc1cc2c(cc1[N+](=O)[O-])OCO2. The van der Waals surface area contributed by atoms with Crippen molar-refractivity contribution in [1.29, 1.82) is 0 Å². The van der Waals surface area contributed by atoms with E-state index in [1.165, 1.54) is 35.2 Å². The molecule has 8 nitrogen and oxygen atoms in total. The summed E-state index contributed by atoms with van der Waals surface area (Å²) < 4.78 is 11.0. The number of hydrogen-bond acceptors (Lipinski definition) is 8. The zero-order chi connectivity index (χ0) is 15.5. The van der Waals surface area contributed by atoms with Gasteiger partial charge < -0.3 is 14.8 Å². The summed E-state index contributed by atoms with van der Waals surface area (Å²) in [5, 5.41) is 15.4. The molecule has 1 amide bonds. The third kappa shape index (κ3) is 3.12. The Bertz CT molecular complexity index is 720. The molecule has 22 heavy (non-hydrogen) atoms. The lowest BCUT2D eigenvalue weighted by Crippen LogP contribution is -2.15. The first-order valence-corrected chi connectivity index (χ1v) is 7.90. The molecule has 0 radical (unpaired) electrons. The number of nitro groups is 1.